The fourth-order valence-corrected chi connectivity index (χ4v) is 3.46. The van der Waals surface area contributed by atoms with E-state index < -0.39 is 11.8 Å². The Morgan fingerprint density at radius 2 is 1.71 bits per heavy atom. The number of ether oxygens (including phenoxy) is 2. The van der Waals surface area contributed by atoms with Crippen molar-refractivity contribution < 1.29 is 19.1 Å². The molecule has 1 aliphatic heterocycles. The summed E-state index contributed by atoms with van der Waals surface area (Å²) in [6.45, 7) is 8.33. The minimum Gasteiger partial charge on any atom is -0.493 e. The van der Waals surface area contributed by atoms with Gasteiger partial charge in [0.05, 0.1) is 18.2 Å². The van der Waals surface area contributed by atoms with Crippen molar-refractivity contribution in [1.82, 2.24) is 9.80 Å². The number of hydrogen-bond donors (Lipinski definition) is 0. The van der Waals surface area contributed by atoms with Gasteiger partial charge in [0.25, 0.3) is 11.8 Å². The third-order valence-corrected chi connectivity index (χ3v) is 5.22. The number of carbonyl (C=O) groups is 2. The van der Waals surface area contributed by atoms with Gasteiger partial charge in [0.1, 0.15) is 5.57 Å². The average molecular weight is 425 g/mol. The summed E-state index contributed by atoms with van der Waals surface area (Å²) in [5.74, 6) is 0.0357. The van der Waals surface area contributed by atoms with E-state index in [9.17, 15) is 9.59 Å². The van der Waals surface area contributed by atoms with Crippen LogP contribution >= 0.6 is 23.8 Å². The number of hydrogen-bond acceptors (Lipinski definition) is 5. The second-order valence-corrected chi connectivity index (χ2v) is 7.08. The zero-order valence-electron chi connectivity index (χ0n) is 16.7. The highest BCUT2D eigenvalue weighted by atomic mass is 35.5. The van der Waals surface area contributed by atoms with Crippen LogP contribution in [-0.2, 0) is 9.59 Å². The van der Waals surface area contributed by atoms with Crippen molar-refractivity contribution in [3.63, 3.8) is 0 Å². The number of carbonyl (C=O) groups excluding carboxylic acids is 2. The maximum absolute atomic E-state index is 12.8. The largest absolute Gasteiger partial charge is 0.493 e. The molecule has 2 amide bonds. The van der Waals surface area contributed by atoms with Crippen LogP contribution in [0.5, 0.6) is 11.5 Å². The maximum Gasteiger partial charge on any atom is 0.265 e. The van der Waals surface area contributed by atoms with E-state index in [-0.39, 0.29) is 16.8 Å². The summed E-state index contributed by atoms with van der Waals surface area (Å²) < 4.78 is 11.2. The van der Waals surface area contributed by atoms with Gasteiger partial charge in [-0.3, -0.25) is 19.4 Å². The standard InChI is InChI=1S/C20H25ClN2O4S/c1-6-12(4)27-17-15(21)10-13(11-16(17)26-5)9-14-18(24)22(7-2)20(28)23(8-3)19(14)25/h9-12H,6-8H2,1-5H3/t12-/m0/s1. The summed E-state index contributed by atoms with van der Waals surface area (Å²) in [5.41, 5.74) is 0.598. The molecule has 2 rings (SSSR count). The zero-order valence-corrected chi connectivity index (χ0v) is 18.3. The Bertz CT molecular complexity index is 797. The molecule has 0 unspecified atom stereocenters. The highest BCUT2D eigenvalue weighted by Gasteiger charge is 2.37. The third-order valence-electron chi connectivity index (χ3n) is 4.50. The second kappa shape index (κ2) is 9.39. The molecule has 152 valence electrons. The summed E-state index contributed by atoms with van der Waals surface area (Å²) in [6.07, 6.45) is 2.29. The first-order valence-electron chi connectivity index (χ1n) is 9.22. The Morgan fingerprint density at radius 3 is 2.18 bits per heavy atom. The minimum absolute atomic E-state index is 0.0330. The lowest BCUT2D eigenvalue weighted by Gasteiger charge is -2.35. The lowest BCUT2D eigenvalue weighted by atomic mass is 10.1. The molecule has 0 spiro atoms. The van der Waals surface area contributed by atoms with E-state index >= 15 is 0 Å². The third kappa shape index (κ3) is 4.31. The molecule has 28 heavy (non-hydrogen) atoms. The number of methoxy groups -OCH3 is 1. The minimum atomic E-state index is -0.419. The normalized spacial score (nSPS) is 15.8. The van der Waals surface area contributed by atoms with Crippen LogP contribution in [0.2, 0.25) is 5.02 Å². The number of amides is 2. The lowest BCUT2D eigenvalue weighted by Crippen LogP contribution is -2.55. The predicted molar refractivity (Wildman–Crippen MR) is 114 cm³/mol. The summed E-state index contributed by atoms with van der Waals surface area (Å²) in [7, 11) is 1.51. The summed E-state index contributed by atoms with van der Waals surface area (Å²) in [6, 6.07) is 3.34. The molecule has 1 fully saturated rings. The Kier molecular flexibility index (Phi) is 7.43. The Labute approximate surface area is 176 Å². The Morgan fingerprint density at radius 1 is 1.14 bits per heavy atom. The molecule has 0 aromatic heterocycles. The molecule has 0 aliphatic carbocycles. The molecule has 1 atom stereocenters. The smallest absolute Gasteiger partial charge is 0.265 e. The number of rotatable bonds is 7. The van der Waals surface area contributed by atoms with E-state index in [4.69, 9.17) is 33.3 Å². The molecule has 6 nitrogen and oxygen atoms in total. The van der Waals surface area contributed by atoms with E-state index in [1.165, 1.54) is 23.0 Å². The van der Waals surface area contributed by atoms with Crippen LogP contribution in [0.4, 0.5) is 0 Å². The van der Waals surface area contributed by atoms with Crippen molar-refractivity contribution in [1.29, 1.82) is 0 Å². The van der Waals surface area contributed by atoms with E-state index in [1.54, 1.807) is 12.1 Å². The highest BCUT2D eigenvalue weighted by molar-refractivity contribution is 7.80. The molecule has 0 radical (unpaired) electrons. The maximum atomic E-state index is 12.8. The molecular weight excluding hydrogens is 400 g/mol. The molecule has 1 aliphatic rings. The van der Waals surface area contributed by atoms with Gasteiger partial charge in [-0.15, -0.1) is 0 Å². The fraction of sp³-hybridized carbons (Fsp3) is 0.450. The van der Waals surface area contributed by atoms with Crippen molar-refractivity contribution in [2.45, 2.75) is 40.2 Å². The van der Waals surface area contributed by atoms with Gasteiger partial charge in [0.15, 0.2) is 16.6 Å². The van der Waals surface area contributed by atoms with Crippen LogP contribution in [0.1, 0.15) is 39.7 Å². The molecule has 0 N–H and O–H groups in total. The van der Waals surface area contributed by atoms with Crippen LogP contribution in [0.3, 0.4) is 0 Å². The van der Waals surface area contributed by atoms with Crippen molar-refractivity contribution in [2.24, 2.45) is 0 Å². The van der Waals surface area contributed by atoms with Crippen molar-refractivity contribution in [3.8, 4) is 11.5 Å². The van der Waals surface area contributed by atoms with Crippen LogP contribution < -0.4 is 9.47 Å². The van der Waals surface area contributed by atoms with Gasteiger partial charge in [-0.1, -0.05) is 18.5 Å². The number of likely N-dealkylation sites (N-methyl/N-ethyl adjacent to an activating group) is 2. The average Bonchev–Trinajstić information content (AvgIpc) is 2.67. The van der Waals surface area contributed by atoms with Gasteiger partial charge >= 0.3 is 0 Å². The van der Waals surface area contributed by atoms with Gasteiger partial charge in [-0.25, -0.2) is 0 Å². The van der Waals surface area contributed by atoms with E-state index in [0.717, 1.165) is 6.42 Å². The van der Waals surface area contributed by atoms with Crippen LogP contribution in [0, 0.1) is 0 Å². The second-order valence-electron chi connectivity index (χ2n) is 6.31. The molecule has 1 aromatic rings. The molecule has 1 heterocycles. The molecule has 1 aromatic carbocycles. The lowest BCUT2D eigenvalue weighted by molar-refractivity contribution is -0.133. The van der Waals surface area contributed by atoms with Crippen LogP contribution in [0.25, 0.3) is 6.08 Å². The van der Waals surface area contributed by atoms with Gasteiger partial charge in [-0.05, 0) is 63.2 Å². The summed E-state index contributed by atoms with van der Waals surface area (Å²) >= 11 is 11.7. The first kappa shape index (κ1) is 22.2. The number of nitrogens with zero attached hydrogens (tertiary/aromatic N) is 2. The van der Waals surface area contributed by atoms with E-state index in [2.05, 4.69) is 0 Å². The number of thiocarbonyl (C=S) groups is 1. The summed E-state index contributed by atoms with van der Waals surface area (Å²) in [5, 5.41) is 0.572. The Hall–Kier alpha value is -2.12. The van der Waals surface area contributed by atoms with Crippen molar-refractivity contribution >= 4 is 46.8 Å². The van der Waals surface area contributed by atoms with Crippen molar-refractivity contribution in [2.75, 3.05) is 20.2 Å². The first-order chi connectivity index (χ1) is 13.3. The van der Waals surface area contributed by atoms with Crippen molar-refractivity contribution in [3.05, 3.63) is 28.3 Å². The number of benzene rings is 1. The Balaban J connectivity index is 2.50. The van der Waals surface area contributed by atoms with E-state index in [0.29, 0.717) is 35.2 Å². The highest BCUT2D eigenvalue weighted by Crippen LogP contribution is 2.38. The van der Waals surface area contributed by atoms with Crippen LogP contribution in [-0.4, -0.2) is 53.0 Å². The van der Waals surface area contributed by atoms with Crippen LogP contribution in [0.15, 0.2) is 17.7 Å². The molecule has 0 bridgehead atoms. The summed E-state index contributed by atoms with van der Waals surface area (Å²) in [4.78, 5) is 28.4. The SMILES string of the molecule is CC[C@H](C)Oc1c(Cl)cc(C=C2C(=O)N(CC)C(=S)N(CC)C2=O)cc1OC. The van der Waals surface area contributed by atoms with Gasteiger partial charge in [-0.2, -0.15) is 0 Å². The molecule has 8 heteroatoms. The predicted octanol–water partition coefficient (Wildman–Crippen LogP) is 3.90. The monoisotopic (exact) mass is 424 g/mol. The fourth-order valence-electron chi connectivity index (χ4n) is 2.77. The number of halogens is 1. The van der Waals surface area contributed by atoms with E-state index in [1.807, 2.05) is 27.7 Å². The molecular formula is C20H25ClN2O4S. The first-order valence-corrected chi connectivity index (χ1v) is 10.0. The quantitative estimate of drug-likeness (QED) is 0.377. The topological polar surface area (TPSA) is 59.1 Å². The van der Waals surface area contributed by atoms with Gasteiger partial charge < -0.3 is 9.47 Å². The molecule has 1 saturated heterocycles. The van der Waals surface area contributed by atoms with Gasteiger partial charge in [0.2, 0.25) is 0 Å². The zero-order chi connectivity index (χ0) is 21.0. The molecule has 0 saturated carbocycles. The van der Waals surface area contributed by atoms with Gasteiger partial charge in [0, 0.05) is 13.1 Å².